The smallest absolute Gasteiger partial charge is 0.268 e. The van der Waals surface area contributed by atoms with Crippen LogP contribution in [0.3, 0.4) is 0 Å². The molecule has 6 nitrogen and oxygen atoms in total. The molecule has 130 valence electrons. The normalized spacial score (nSPS) is 16.0. The molecule has 0 saturated carbocycles. The molecule has 0 aliphatic carbocycles. The summed E-state index contributed by atoms with van der Waals surface area (Å²) in [5, 5.41) is 10.3. The van der Waals surface area contributed by atoms with Gasteiger partial charge >= 0.3 is 0 Å². The first-order valence-electron chi connectivity index (χ1n) is 7.75. The first-order valence-corrected chi connectivity index (χ1v) is 8.56. The van der Waals surface area contributed by atoms with E-state index in [0.717, 1.165) is 22.9 Å². The minimum Gasteiger partial charge on any atom is -0.268 e. The van der Waals surface area contributed by atoms with Crippen LogP contribution in [0.2, 0.25) is 0 Å². The first-order chi connectivity index (χ1) is 12.5. The van der Waals surface area contributed by atoms with Crippen LogP contribution in [0, 0.1) is 10.1 Å². The maximum absolute atomic E-state index is 12.4. The highest BCUT2D eigenvalue weighted by molar-refractivity contribution is 8.18. The van der Waals surface area contributed by atoms with Crippen LogP contribution in [0.15, 0.2) is 71.7 Å². The molecular formula is C19H14N2O4S. The van der Waals surface area contributed by atoms with E-state index in [9.17, 15) is 19.7 Å². The number of nitro groups is 1. The molecule has 3 rings (SSSR count). The maximum atomic E-state index is 12.4. The SMILES string of the molecule is O=C1S/C(=C\C=C\c2ccc([N+](=O)[O-])cc2)C(=O)N1Cc1ccccc1. The van der Waals surface area contributed by atoms with E-state index in [1.54, 1.807) is 30.4 Å². The fourth-order valence-electron chi connectivity index (χ4n) is 2.37. The molecule has 1 fully saturated rings. The molecule has 26 heavy (non-hydrogen) atoms. The van der Waals surface area contributed by atoms with Gasteiger partial charge in [0.05, 0.1) is 16.4 Å². The van der Waals surface area contributed by atoms with Gasteiger partial charge in [0.1, 0.15) is 0 Å². The van der Waals surface area contributed by atoms with E-state index >= 15 is 0 Å². The van der Waals surface area contributed by atoms with Crippen molar-refractivity contribution in [1.82, 2.24) is 4.90 Å². The minimum absolute atomic E-state index is 0.0178. The summed E-state index contributed by atoms with van der Waals surface area (Å²) in [5.74, 6) is -0.322. The third-order valence-electron chi connectivity index (χ3n) is 3.70. The summed E-state index contributed by atoms with van der Waals surface area (Å²) in [6, 6.07) is 15.4. The summed E-state index contributed by atoms with van der Waals surface area (Å²) < 4.78 is 0. The number of nitrogens with zero attached hydrogens (tertiary/aromatic N) is 2. The number of allylic oxidation sites excluding steroid dienone is 2. The lowest BCUT2D eigenvalue weighted by molar-refractivity contribution is -0.384. The molecule has 2 aromatic carbocycles. The Morgan fingerprint density at radius 1 is 1.04 bits per heavy atom. The van der Waals surface area contributed by atoms with Crippen LogP contribution in [0.4, 0.5) is 10.5 Å². The molecule has 7 heteroatoms. The Balaban J connectivity index is 1.68. The Bertz CT molecular complexity index is 905. The largest absolute Gasteiger partial charge is 0.293 e. The Labute approximate surface area is 154 Å². The van der Waals surface area contributed by atoms with E-state index in [1.165, 1.54) is 17.0 Å². The fraction of sp³-hybridized carbons (Fsp3) is 0.0526. The van der Waals surface area contributed by atoms with Crippen LogP contribution in [-0.4, -0.2) is 21.0 Å². The zero-order chi connectivity index (χ0) is 18.5. The van der Waals surface area contributed by atoms with Gasteiger partial charge in [-0.15, -0.1) is 0 Å². The number of carbonyl (C=O) groups is 2. The Morgan fingerprint density at radius 3 is 2.38 bits per heavy atom. The molecule has 1 aliphatic heterocycles. The molecule has 0 atom stereocenters. The predicted octanol–water partition coefficient (Wildman–Crippen LogP) is 4.39. The Hall–Kier alpha value is -3.19. The van der Waals surface area contributed by atoms with E-state index in [1.807, 2.05) is 30.3 Å². The number of rotatable bonds is 5. The van der Waals surface area contributed by atoms with E-state index in [-0.39, 0.29) is 23.4 Å². The number of thioether (sulfide) groups is 1. The quantitative estimate of drug-likeness (QED) is 0.445. The standard InChI is InChI=1S/C19H14N2O4S/c22-18-17(8-4-7-14-9-11-16(12-10-14)21(24)25)26-19(23)20(18)13-15-5-2-1-3-6-15/h1-12H,13H2/b7-4+,17-8-. The van der Waals surface area contributed by atoms with Crippen molar-refractivity contribution in [3.05, 3.63) is 92.9 Å². The molecule has 0 unspecified atom stereocenters. The van der Waals surface area contributed by atoms with Gasteiger partial charge in [-0.05, 0) is 41.1 Å². The van der Waals surface area contributed by atoms with Crippen LogP contribution in [0.25, 0.3) is 6.08 Å². The van der Waals surface area contributed by atoms with Gasteiger partial charge in [0.15, 0.2) is 0 Å². The molecule has 1 aliphatic rings. The van der Waals surface area contributed by atoms with Crippen molar-refractivity contribution in [1.29, 1.82) is 0 Å². The van der Waals surface area contributed by atoms with Gasteiger partial charge in [-0.25, -0.2) is 0 Å². The minimum atomic E-state index is -0.462. The van der Waals surface area contributed by atoms with E-state index < -0.39 is 4.92 Å². The lowest BCUT2D eigenvalue weighted by atomic mass is 10.2. The summed E-state index contributed by atoms with van der Waals surface area (Å²) in [6.45, 7) is 0.245. The number of imide groups is 1. The van der Waals surface area contributed by atoms with Gasteiger partial charge in [-0.3, -0.25) is 24.6 Å². The lowest BCUT2D eigenvalue weighted by Crippen LogP contribution is -2.27. The van der Waals surface area contributed by atoms with Crippen LogP contribution in [0.1, 0.15) is 11.1 Å². The third-order valence-corrected chi connectivity index (χ3v) is 4.62. The molecule has 0 spiro atoms. The molecule has 0 N–H and O–H groups in total. The van der Waals surface area contributed by atoms with E-state index in [0.29, 0.717) is 4.91 Å². The first kappa shape index (κ1) is 17.6. The van der Waals surface area contributed by atoms with Crippen molar-refractivity contribution < 1.29 is 14.5 Å². The summed E-state index contributed by atoms with van der Waals surface area (Å²) in [7, 11) is 0. The molecule has 0 radical (unpaired) electrons. The summed E-state index contributed by atoms with van der Waals surface area (Å²) >= 11 is 0.901. The van der Waals surface area contributed by atoms with E-state index in [2.05, 4.69) is 0 Å². The van der Waals surface area contributed by atoms with Crippen molar-refractivity contribution in [2.75, 3.05) is 0 Å². The third kappa shape index (κ3) is 4.07. The zero-order valence-corrected chi connectivity index (χ0v) is 14.4. The van der Waals surface area contributed by atoms with Crippen molar-refractivity contribution in [2.45, 2.75) is 6.54 Å². The fourth-order valence-corrected chi connectivity index (χ4v) is 3.16. The second-order valence-corrected chi connectivity index (χ2v) is 6.48. The van der Waals surface area contributed by atoms with E-state index in [4.69, 9.17) is 0 Å². The van der Waals surface area contributed by atoms with Crippen LogP contribution >= 0.6 is 11.8 Å². The molecule has 0 bridgehead atoms. The molecular weight excluding hydrogens is 352 g/mol. The number of carbonyl (C=O) groups excluding carboxylic acids is 2. The van der Waals surface area contributed by atoms with Gasteiger partial charge in [0.2, 0.25) is 0 Å². The number of non-ortho nitro benzene ring substituents is 1. The van der Waals surface area contributed by atoms with Crippen molar-refractivity contribution >= 4 is 34.7 Å². The molecule has 2 amide bonds. The Morgan fingerprint density at radius 2 is 1.73 bits per heavy atom. The van der Waals surface area contributed by atoms with Crippen LogP contribution in [0.5, 0.6) is 0 Å². The number of hydrogen-bond acceptors (Lipinski definition) is 5. The van der Waals surface area contributed by atoms with Crippen LogP contribution < -0.4 is 0 Å². The summed E-state index contributed by atoms with van der Waals surface area (Å²) in [5.41, 5.74) is 1.66. The van der Waals surface area contributed by atoms with Gasteiger partial charge in [-0.2, -0.15) is 0 Å². The lowest BCUT2D eigenvalue weighted by Gasteiger charge is -2.11. The highest BCUT2D eigenvalue weighted by atomic mass is 32.2. The highest BCUT2D eigenvalue weighted by Crippen LogP contribution is 2.31. The maximum Gasteiger partial charge on any atom is 0.293 e. The van der Waals surface area contributed by atoms with Gasteiger partial charge in [-0.1, -0.05) is 42.5 Å². The van der Waals surface area contributed by atoms with Crippen molar-refractivity contribution in [3.63, 3.8) is 0 Å². The monoisotopic (exact) mass is 366 g/mol. The second kappa shape index (κ2) is 7.79. The average molecular weight is 366 g/mol. The van der Waals surface area contributed by atoms with Crippen molar-refractivity contribution in [2.24, 2.45) is 0 Å². The number of nitro benzene ring substituents is 1. The number of hydrogen-bond donors (Lipinski definition) is 0. The topological polar surface area (TPSA) is 80.5 Å². The molecule has 2 aromatic rings. The zero-order valence-electron chi connectivity index (χ0n) is 13.6. The highest BCUT2D eigenvalue weighted by Gasteiger charge is 2.34. The molecule has 1 saturated heterocycles. The van der Waals surface area contributed by atoms with Gasteiger partial charge in [0, 0.05) is 12.1 Å². The predicted molar refractivity (Wildman–Crippen MR) is 100 cm³/mol. The second-order valence-electron chi connectivity index (χ2n) is 5.48. The average Bonchev–Trinajstić information content (AvgIpc) is 2.91. The van der Waals surface area contributed by atoms with Gasteiger partial charge in [0.25, 0.3) is 16.8 Å². The molecule has 1 heterocycles. The van der Waals surface area contributed by atoms with Crippen molar-refractivity contribution in [3.8, 4) is 0 Å². The summed E-state index contributed by atoms with van der Waals surface area (Å²) in [6.07, 6.45) is 4.95. The summed E-state index contributed by atoms with van der Waals surface area (Å²) in [4.78, 5) is 36.2. The van der Waals surface area contributed by atoms with Crippen LogP contribution in [-0.2, 0) is 11.3 Å². The number of amides is 2. The van der Waals surface area contributed by atoms with Gasteiger partial charge < -0.3 is 0 Å². The number of benzene rings is 2. The molecule has 0 aromatic heterocycles. The Kier molecular flexibility index (Phi) is 5.28.